The van der Waals surface area contributed by atoms with Crippen molar-refractivity contribution in [3.63, 3.8) is 0 Å². The van der Waals surface area contributed by atoms with Crippen molar-refractivity contribution >= 4 is 38.1 Å². The van der Waals surface area contributed by atoms with E-state index in [1.54, 1.807) is 6.07 Å². The number of piperazine rings is 1. The number of hydrogen-bond donors (Lipinski definition) is 2. The standard InChI is InChI=1S/C25H26FN5O2S/c26-20-14-18(30-9-7-27-8-10-30)2-3-19(20)21-15-31-22-4-1-16(13-23(22)34-25(31)29-21)24(32)28-17-5-11-33-12-6-17/h1-4,13-15,17,27H,5-12H2,(H,28,32). The molecule has 0 bridgehead atoms. The van der Waals surface area contributed by atoms with Crippen LogP contribution >= 0.6 is 11.3 Å². The summed E-state index contributed by atoms with van der Waals surface area (Å²) in [6.07, 6.45) is 3.56. The molecule has 1 amide bonds. The van der Waals surface area contributed by atoms with Crippen LogP contribution in [0.3, 0.4) is 0 Å². The van der Waals surface area contributed by atoms with Crippen molar-refractivity contribution in [2.24, 2.45) is 0 Å². The zero-order chi connectivity index (χ0) is 23.1. The van der Waals surface area contributed by atoms with Crippen LogP contribution in [0.25, 0.3) is 26.4 Å². The van der Waals surface area contributed by atoms with Gasteiger partial charge in [0.1, 0.15) is 5.82 Å². The summed E-state index contributed by atoms with van der Waals surface area (Å²) >= 11 is 1.50. The van der Waals surface area contributed by atoms with Crippen molar-refractivity contribution in [1.82, 2.24) is 20.0 Å². The van der Waals surface area contributed by atoms with Gasteiger partial charge in [0.25, 0.3) is 5.91 Å². The summed E-state index contributed by atoms with van der Waals surface area (Å²) in [5.41, 5.74) is 3.60. The molecule has 2 fully saturated rings. The number of nitrogens with one attached hydrogen (secondary N) is 2. The van der Waals surface area contributed by atoms with Gasteiger partial charge in [0, 0.05) is 68.4 Å². The summed E-state index contributed by atoms with van der Waals surface area (Å²) in [5, 5.41) is 6.42. The number of ether oxygens (including phenoxy) is 1. The van der Waals surface area contributed by atoms with Crippen molar-refractivity contribution in [3.05, 3.63) is 54.0 Å². The van der Waals surface area contributed by atoms with Crippen LogP contribution < -0.4 is 15.5 Å². The number of carbonyl (C=O) groups excluding carboxylic acids is 1. The van der Waals surface area contributed by atoms with E-state index in [4.69, 9.17) is 9.72 Å². The molecule has 176 valence electrons. The van der Waals surface area contributed by atoms with E-state index in [0.717, 1.165) is 59.9 Å². The van der Waals surface area contributed by atoms with Gasteiger partial charge in [-0.15, -0.1) is 0 Å². The minimum Gasteiger partial charge on any atom is -0.381 e. The maximum Gasteiger partial charge on any atom is 0.251 e. The fourth-order valence-corrected chi connectivity index (χ4v) is 5.76. The SMILES string of the molecule is O=C(NC1CCOCC1)c1ccc2c(c1)sc1nc(-c3ccc(N4CCNCC4)cc3F)cn12. The molecule has 0 spiro atoms. The van der Waals surface area contributed by atoms with Crippen molar-refractivity contribution < 1.29 is 13.9 Å². The molecule has 7 nitrogen and oxygen atoms in total. The van der Waals surface area contributed by atoms with E-state index >= 15 is 4.39 Å². The molecule has 4 aromatic rings. The number of rotatable bonds is 4. The normalized spacial score (nSPS) is 17.5. The van der Waals surface area contributed by atoms with Gasteiger partial charge in [-0.05, 0) is 49.2 Å². The maximum absolute atomic E-state index is 15.0. The van der Waals surface area contributed by atoms with E-state index in [2.05, 4.69) is 15.5 Å². The minimum absolute atomic E-state index is 0.0628. The van der Waals surface area contributed by atoms with Crippen LogP contribution in [-0.4, -0.2) is 60.7 Å². The summed E-state index contributed by atoms with van der Waals surface area (Å²) in [7, 11) is 0. The summed E-state index contributed by atoms with van der Waals surface area (Å²) in [4.78, 5) is 20.4. The number of halogens is 1. The molecule has 2 aromatic heterocycles. The first kappa shape index (κ1) is 21.5. The van der Waals surface area contributed by atoms with E-state index in [1.807, 2.05) is 40.9 Å². The van der Waals surface area contributed by atoms with Crippen LogP contribution in [0.5, 0.6) is 0 Å². The Morgan fingerprint density at radius 2 is 1.97 bits per heavy atom. The van der Waals surface area contributed by atoms with E-state index in [9.17, 15) is 4.79 Å². The summed E-state index contributed by atoms with van der Waals surface area (Å²) in [5.74, 6) is -0.328. The van der Waals surface area contributed by atoms with E-state index in [-0.39, 0.29) is 17.8 Å². The van der Waals surface area contributed by atoms with Gasteiger partial charge in [-0.3, -0.25) is 9.20 Å². The third kappa shape index (κ3) is 4.04. The lowest BCUT2D eigenvalue weighted by Crippen LogP contribution is -2.43. The molecule has 6 rings (SSSR count). The molecule has 0 unspecified atom stereocenters. The maximum atomic E-state index is 15.0. The van der Waals surface area contributed by atoms with Crippen LogP contribution in [0.1, 0.15) is 23.2 Å². The van der Waals surface area contributed by atoms with Gasteiger partial charge in [-0.25, -0.2) is 9.37 Å². The first-order valence-electron chi connectivity index (χ1n) is 11.7. The number of nitrogens with zero attached hydrogens (tertiary/aromatic N) is 3. The van der Waals surface area contributed by atoms with Gasteiger partial charge in [-0.1, -0.05) is 11.3 Å². The van der Waals surface area contributed by atoms with E-state index in [0.29, 0.717) is 30.0 Å². The van der Waals surface area contributed by atoms with Gasteiger partial charge in [0.2, 0.25) is 0 Å². The number of anilines is 1. The third-order valence-corrected chi connectivity index (χ3v) is 7.64. The molecular weight excluding hydrogens is 453 g/mol. The molecule has 0 radical (unpaired) electrons. The Hall–Kier alpha value is -3.01. The Balaban J connectivity index is 1.25. The summed E-state index contributed by atoms with van der Waals surface area (Å²) in [6, 6.07) is 11.2. The predicted molar refractivity (Wildman–Crippen MR) is 132 cm³/mol. The Morgan fingerprint density at radius 1 is 1.15 bits per heavy atom. The van der Waals surface area contributed by atoms with Crippen molar-refractivity contribution in [1.29, 1.82) is 0 Å². The zero-order valence-corrected chi connectivity index (χ0v) is 19.5. The van der Waals surface area contributed by atoms with Crippen molar-refractivity contribution in [2.75, 3.05) is 44.3 Å². The fourth-order valence-electron chi connectivity index (χ4n) is 4.71. The van der Waals surface area contributed by atoms with Gasteiger partial charge >= 0.3 is 0 Å². The Labute approximate surface area is 200 Å². The van der Waals surface area contributed by atoms with E-state index in [1.165, 1.54) is 11.3 Å². The van der Waals surface area contributed by atoms with Gasteiger partial charge in [0.05, 0.1) is 15.9 Å². The lowest BCUT2D eigenvalue weighted by atomic mass is 10.1. The predicted octanol–water partition coefficient (Wildman–Crippen LogP) is 3.67. The highest BCUT2D eigenvalue weighted by atomic mass is 32.1. The van der Waals surface area contributed by atoms with Crippen LogP contribution in [0.15, 0.2) is 42.6 Å². The highest BCUT2D eigenvalue weighted by Gasteiger charge is 2.19. The van der Waals surface area contributed by atoms with Crippen LogP contribution in [0.4, 0.5) is 10.1 Å². The molecule has 2 N–H and O–H groups in total. The molecule has 9 heteroatoms. The molecule has 0 aliphatic carbocycles. The third-order valence-electron chi connectivity index (χ3n) is 6.62. The topological polar surface area (TPSA) is 70.9 Å². The lowest BCUT2D eigenvalue weighted by Gasteiger charge is -2.29. The number of aromatic nitrogens is 2. The number of fused-ring (bicyclic) bond motifs is 3. The minimum atomic E-state index is -0.266. The molecular formula is C25H26FN5O2S. The first-order chi connectivity index (χ1) is 16.7. The number of imidazole rings is 1. The Kier molecular flexibility index (Phi) is 5.68. The highest BCUT2D eigenvalue weighted by Crippen LogP contribution is 2.32. The van der Waals surface area contributed by atoms with Crippen LogP contribution in [-0.2, 0) is 4.74 Å². The number of benzene rings is 2. The molecule has 34 heavy (non-hydrogen) atoms. The second kappa shape index (κ2) is 8.98. The molecule has 0 atom stereocenters. The Morgan fingerprint density at radius 3 is 2.76 bits per heavy atom. The number of carbonyl (C=O) groups is 1. The second-order valence-electron chi connectivity index (χ2n) is 8.82. The number of thiazole rings is 1. The molecule has 2 saturated heterocycles. The quantitative estimate of drug-likeness (QED) is 0.467. The second-order valence-corrected chi connectivity index (χ2v) is 9.83. The average Bonchev–Trinajstić information content (AvgIpc) is 3.42. The van der Waals surface area contributed by atoms with Gasteiger partial charge < -0.3 is 20.3 Å². The van der Waals surface area contributed by atoms with Crippen LogP contribution in [0.2, 0.25) is 0 Å². The van der Waals surface area contributed by atoms with Crippen molar-refractivity contribution in [3.8, 4) is 11.3 Å². The molecule has 2 aromatic carbocycles. The monoisotopic (exact) mass is 479 g/mol. The number of amides is 1. The highest BCUT2D eigenvalue weighted by molar-refractivity contribution is 7.23. The largest absolute Gasteiger partial charge is 0.381 e. The van der Waals surface area contributed by atoms with Gasteiger partial charge in [-0.2, -0.15) is 0 Å². The lowest BCUT2D eigenvalue weighted by molar-refractivity contribution is 0.0696. The molecule has 2 aliphatic rings. The summed E-state index contributed by atoms with van der Waals surface area (Å²) in [6.45, 7) is 4.94. The van der Waals surface area contributed by atoms with Crippen molar-refractivity contribution in [2.45, 2.75) is 18.9 Å². The Bertz CT molecular complexity index is 1350. The average molecular weight is 480 g/mol. The molecule has 2 aliphatic heterocycles. The van der Waals surface area contributed by atoms with Gasteiger partial charge in [0.15, 0.2) is 4.96 Å². The smallest absolute Gasteiger partial charge is 0.251 e. The molecule has 4 heterocycles. The summed E-state index contributed by atoms with van der Waals surface area (Å²) < 4.78 is 23.3. The first-order valence-corrected chi connectivity index (χ1v) is 12.5. The number of hydrogen-bond acceptors (Lipinski definition) is 6. The zero-order valence-electron chi connectivity index (χ0n) is 18.7. The fraction of sp³-hybridized carbons (Fsp3) is 0.360. The van der Waals surface area contributed by atoms with Crippen LogP contribution in [0, 0.1) is 5.82 Å². The molecule has 0 saturated carbocycles. The van der Waals surface area contributed by atoms with E-state index < -0.39 is 0 Å².